The number of amides is 1. The van der Waals surface area contributed by atoms with Crippen LogP contribution in [0.1, 0.15) is 30.4 Å². The number of aromatic hydroxyl groups is 1. The number of phenolic OH excluding ortho intramolecular Hbond substituents is 1. The van der Waals surface area contributed by atoms with Gasteiger partial charge in [0.15, 0.2) is 11.8 Å². The van der Waals surface area contributed by atoms with E-state index < -0.39 is 6.17 Å². The molecule has 1 aliphatic carbocycles. The van der Waals surface area contributed by atoms with E-state index >= 15 is 0 Å². The number of alkyl halides is 1. The lowest BCUT2D eigenvalue weighted by Crippen LogP contribution is -2.29. The third-order valence-electron chi connectivity index (χ3n) is 5.57. The molecule has 0 unspecified atom stereocenters. The Labute approximate surface area is 176 Å². The van der Waals surface area contributed by atoms with Crippen LogP contribution in [0.3, 0.4) is 0 Å². The topological polar surface area (TPSA) is 83.6 Å². The maximum Gasteiger partial charge on any atom is 0.223 e. The minimum absolute atomic E-state index is 0.0132. The first kappa shape index (κ1) is 19.2. The van der Waals surface area contributed by atoms with Crippen molar-refractivity contribution in [2.45, 2.75) is 39.3 Å². The van der Waals surface area contributed by atoms with E-state index in [2.05, 4.69) is 15.1 Å². The van der Waals surface area contributed by atoms with Crippen LogP contribution in [0.15, 0.2) is 23.3 Å². The minimum Gasteiger partial charge on any atom is -0.506 e. The largest absolute Gasteiger partial charge is 0.506 e. The second kappa shape index (κ2) is 7.16. The number of phenols is 1. The Morgan fingerprint density at radius 1 is 1.37 bits per heavy atom. The zero-order chi connectivity index (χ0) is 21.0. The number of fused-ring (bicyclic) bond motifs is 1. The summed E-state index contributed by atoms with van der Waals surface area (Å²) in [7, 11) is 0. The van der Waals surface area contributed by atoms with Gasteiger partial charge in [-0.1, -0.05) is 17.4 Å². The maximum atomic E-state index is 14.4. The average molecular weight is 428 g/mol. The third-order valence-corrected chi connectivity index (χ3v) is 6.44. The summed E-state index contributed by atoms with van der Waals surface area (Å²) in [6, 6.07) is 3.67. The van der Waals surface area contributed by atoms with Crippen molar-refractivity contribution >= 4 is 38.4 Å². The lowest BCUT2D eigenvalue weighted by atomic mass is 10.1. The summed E-state index contributed by atoms with van der Waals surface area (Å²) in [5.74, 6) is 0.653. The van der Waals surface area contributed by atoms with Crippen LogP contribution in [0, 0.1) is 19.8 Å². The fourth-order valence-corrected chi connectivity index (χ4v) is 4.70. The summed E-state index contributed by atoms with van der Waals surface area (Å²) in [4.78, 5) is 22.6. The number of halogens is 1. The molecular weight excluding hydrogens is 405 g/mol. The summed E-state index contributed by atoms with van der Waals surface area (Å²) < 4.78 is 16.8. The van der Waals surface area contributed by atoms with Crippen molar-refractivity contribution in [1.82, 2.24) is 19.7 Å². The molecule has 5 rings (SSSR count). The molecule has 3 aromatic rings. The second-order valence-electron chi connectivity index (χ2n) is 8.20. The van der Waals surface area contributed by atoms with Gasteiger partial charge in [0.05, 0.1) is 29.7 Å². The highest BCUT2D eigenvalue weighted by atomic mass is 32.1. The zero-order valence-electron chi connectivity index (χ0n) is 16.8. The van der Waals surface area contributed by atoms with Crippen LogP contribution in [0.2, 0.25) is 0 Å². The lowest BCUT2D eigenvalue weighted by molar-refractivity contribution is -0.130. The van der Waals surface area contributed by atoms with Crippen molar-refractivity contribution in [1.29, 1.82) is 0 Å². The first-order chi connectivity index (χ1) is 14.4. The average Bonchev–Trinajstić information content (AvgIpc) is 3.10. The van der Waals surface area contributed by atoms with Crippen LogP contribution in [0.5, 0.6) is 5.75 Å². The molecule has 1 aliphatic heterocycles. The molecule has 156 valence electrons. The summed E-state index contributed by atoms with van der Waals surface area (Å²) in [5.41, 5.74) is 3.33. The smallest absolute Gasteiger partial charge is 0.223 e. The first-order valence-corrected chi connectivity index (χ1v) is 10.8. The molecule has 3 heterocycles. The molecule has 1 aromatic carbocycles. The Hall–Kier alpha value is -2.81. The normalized spacial score (nSPS) is 20.6. The van der Waals surface area contributed by atoms with Crippen LogP contribution in [-0.4, -0.2) is 55.7 Å². The molecule has 9 heteroatoms. The fraction of sp³-hybridized carbons (Fsp3) is 0.429. The first-order valence-electron chi connectivity index (χ1n) is 10.0. The zero-order valence-corrected chi connectivity index (χ0v) is 17.6. The number of aryl methyl sites for hydroxylation is 2. The van der Waals surface area contributed by atoms with Crippen molar-refractivity contribution in [3.8, 4) is 11.4 Å². The number of benzene rings is 1. The molecule has 2 aromatic heterocycles. The summed E-state index contributed by atoms with van der Waals surface area (Å²) in [5, 5.41) is 15.2. The molecular formula is C21H22FN5O2S. The Morgan fingerprint density at radius 2 is 2.17 bits per heavy atom. The highest BCUT2D eigenvalue weighted by Gasteiger charge is 2.34. The fourth-order valence-electron chi connectivity index (χ4n) is 3.88. The van der Waals surface area contributed by atoms with E-state index in [0.29, 0.717) is 34.5 Å². The number of hydrogen-bond donors (Lipinski definition) is 1. The number of aromatic nitrogens is 3. The minimum atomic E-state index is -1.25. The number of nitrogens with zero attached hydrogens (tertiary/aromatic N) is 5. The van der Waals surface area contributed by atoms with E-state index in [9.17, 15) is 14.3 Å². The standard InChI is InChI=1S/C21H22FN5O2S/c1-11-5-12(2)19(16(28)6-11)27-10-17-20(25-27)24-21(30-17)23-15-9-26(8-14(15)22)18(29)7-13-3-4-13/h5-6,10,13-14,28H,3-4,7-9H2,1-2H3/t14-/m0/s1. The number of aliphatic imine (C=N–C) groups is 1. The predicted octanol–water partition coefficient (Wildman–Crippen LogP) is 3.86. The molecule has 30 heavy (non-hydrogen) atoms. The van der Waals surface area contributed by atoms with E-state index in [1.165, 1.54) is 11.3 Å². The third kappa shape index (κ3) is 3.58. The highest BCUT2D eigenvalue weighted by Crippen LogP contribution is 2.34. The number of rotatable bonds is 4. The monoisotopic (exact) mass is 427 g/mol. The predicted molar refractivity (Wildman–Crippen MR) is 114 cm³/mol. The van der Waals surface area contributed by atoms with E-state index in [1.54, 1.807) is 21.8 Å². The number of thiazole rings is 1. The summed E-state index contributed by atoms with van der Waals surface area (Å²) >= 11 is 1.31. The van der Waals surface area contributed by atoms with Crippen LogP contribution in [0.25, 0.3) is 16.0 Å². The molecule has 7 nitrogen and oxygen atoms in total. The van der Waals surface area contributed by atoms with Gasteiger partial charge in [-0.05, 0) is 49.8 Å². The van der Waals surface area contributed by atoms with Crippen molar-refractivity contribution < 1.29 is 14.3 Å². The number of hydrogen-bond acceptors (Lipinski definition) is 6. The van der Waals surface area contributed by atoms with Crippen molar-refractivity contribution in [3.05, 3.63) is 29.5 Å². The van der Waals surface area contributed by atoms with Gasteiger partial charge in [-0.15, -0.1) is 5.10 Å². The molecule has 1 atom stereocenters. The van der Waals surface area contributed by atoms with Gasteiger partial charge in [0.2, 0.25) is 11.0 Å². The molecule has 2 aliphatic rings. The quantitative estimate of drug-likeness (QED) is 0.685. The summed E-state index contributed by atoms with van der Waals surface area (Å²) in [6.07, 6.45) is 3.25. The molecule has 0 spiro atoms. The van der Waals surface area contributed by atoms with Gasteiger partial charge < -0.3 is 10.0 Å². The van der Waals surface area contributed by atoms with Crippen molar-refractivity contribution in [2.75, 3.05) is 13.1 Å². The highest BCUT2D eigenvalue weighted by molar-refractivity contribution is 7.21. The number of carbonyl (C=O) groups is 1. The molecule has 1 saturated carbocycles. The number of carbonyl (C=O) groups excluding carboxylic acids is 1. The SMILES string of the molecule is Cc1cc(C)c(-n2cc3sc(N=C4CN(C(=O)CC5CC5)C[C@@H]4F)nc3n2)c(O)c1. The van der Waals surface area contributed by atoms with Crippen LogP contribution >= 0.6 is 11.3 Å². The molecule has 0 bridgehead atoms. The van der Waals surface area contributed by atoms with Gasteiger partial charge >= 0.3 is 0 Å². The molecule has 1 N–H and O–H groups in total. The van der Waals surface area contributed by atoms with Gasteiger partial charge in [-0.25, -0.2) is 14.1 Å². The molecule has 1 saturated heterocycles. The Balaban J connectivity index is 1.37. The Kier molecular flexibility index (Phi) is 4.57. The van der Waals surface area contributed by atoms with Crippen LogP contribution in [0.4, 0.5) is 9.52 Å². The lowest BCUT2D eigenvalue weighted by Gasteiger charge is -2.13. The van der Waals surface area contributed by atoms with Gasteiger partial charge in [-0.2, -0.15) is 4.98 Å². The second-order valence-corrected chi connectivity index (χ2v) is 9.21. The summed E-state index contributed by atoms with van der Waals surface area (Å²) in [6.45, 7) is 4.14. The Bertz CT molecular complexity index is 1120. The van der Waals surface area contributed by atoms with Gasteiger partial charge in [-0.3, -0.25) is 4.79 Å². The maximum absolute atomic E-state index is 14.4. The van der Waals surface area contributed by atoms with Crippen LogP contribution in [-0.2, 0) is 4.79 Å². The van der Waals surface area contributed by atoms with E-state index in [4.69, 9.17) is 0 Å². The molecule has 1 amide bonds. The van der Waals surface area contributed by atoms with Gasteiger partial charge in [0, 0.05) is 6.42 Å². The van der Waals surface area contributed by atoms with Crippen LogP contribution < -0.4 is 0 Å². The molecule has 0 radical (unpaired) electrons. The Morgan fingerprint density at radius 3 is 2.87 bits per heavy atom. The van der Waals surface area contributed by atoms with E-state index in [1.807, 2.05) is 19.9 Å². The van der Waals surface area contributed by atoms with Crippen molar-refractivity contribution in [2.24, 2.45) is 10.9 Å². The van der Waals surface area contributed by atoms with Gasteiger partial charge in [0.1, 0.15) is 11.4 Å². The van der Waals surface area contributed by atoms with E-state index in [-0.39, 0.29) is 24.7 Å². The van der Waals surface area contributed by atoms with Gasteiger partial charge in [0.25, 0.3) is 0 Å². The molecule has 2 fully saturated rings. The van der Waals surface area contributed by atoms with Crippen molar-refractivity contribution in [3.63, 3.8) is 0 Å². The van der Waals surface area contributed by atoms with E-state index in [0.717, 1.165) is 28.7 Å². The number of likely N-dealkylation sites (tertiary alicyclic amines) is 1.